The summed E-state index contributed by atoms with van der Waals surface area (Å²) in [5.74, 6) is 1.07. The lowest BCUT2D eigenvalue weighted by Gasteiger charge is -2.17. The summed E-state index contributed by atoms with van der Waals surface area (Å²) < 4.78 is 0. The quantitative estimate of drug-likeness (QED) is 0.636. The Balaban J connectivity index is 1.90. The highest BCUT2D eigenvalue weighted by Gasteiger charge is 2.15. The molecule has 118 valence electrons. The van der Waals surface area contributed by atoms with Crippen LogP contribution in [0.25, 0.3) is 11.1 Å². The maximum Gasteiger partial charge on any atom is 0.133 e. The van der Waals surface area contributed by atoms with Crippen LogP contribution < -0.4 is 0 Å². The Kier molecular flexibility index (Phi) is 5.20. The number of phenolic OH excluding ortho intramolecular Hbond substituents is 1. The minimum atomic E-state index is 0.125. The van der Waals surface area contributed by atoms with Gasteiger partial charge in [0.05, 0.1) is 0 Å². The first kappa shape index (κ1) is 16.2. The molecule has 0 saturated heterocycles. The molecule has 0 aromatic heterocycles. The third kappa shape index (κ3) is 3.79. The van der Waals surface area contributed by atoms with Gasteiger partial charge < -0.3 is 5.11 Å². The van der Waals surface area contributed by atoms with Crippen molar-refractivity contribution in [1.29, 1.82) is 5.26 Å². The number of hydrogen-bond acceptors (Lipinski definition) is 3. The zero-order valence-electron chi connectivity index (χ0n) is 13.1. The summed E-state index contributed by atoms with van der Waals surface area (Å²) in [7, 11) is 0. The smallest absolute Gasteiger partial charge is 0.133 e. The van der Waals surface area contributed by atoms with Crippen molar-refractivity contribution in [2.24, 2.45) is 0 Å². The summed E-state index contributed by atoms with van der Waals surface area (Å²) >= 11 is 1.25. The Morgan fingerprint density at radius 3 is 1.92 bits per heavy atom. The summed E-state index contributed by atoms with van der Waals surface area (Å²) in [5, 5.41) is 20.6. The van der Waals surface area contributed by atoms with E-state index in [9.17, 15) is 5.11 Å². The monoisotopic (exact) mass is 331 g/mol. The molecule has 0 aliphatic rings. The van der Waals surface area contributed by atoms with Gasteiger partial charge >= 0.3 is 0 Å². The first-order chi connectivity index (χ1) is 11.8. The van der Waals surface area contributed by atoms with Crippen LogP contribution in [0, 0.1) is 10.7 Å². The molecule has 0 saturated carbocycles. The summed E-state index contributed by atoms with van der Waals surface area (Å²) in [6, 6.07) is 26.0. The van der Waals surface area contributed by atoms with E-state index in [4.69, 9.17) is 5.26 Å². The topological polar surface area (TPSA) is 44.0 Å². The van der Waals surface area contributed by atoms with Crippen LogP contribution in [0.4, 0.5) is 0 Å². The number of thiocyanates is 1. The highest BCUT2D eigenvalue weighted by molar-refractivity contribution is 8.03. The average molecular weight is 331 g/mol. The van der Waals surface area contributed by atoms with Crippen molar-refractivity contribution in [2.45, 2.75) is 5.92 Å². The van der Waals surface area contributed by atoms with Gasteiger partial charge in [0.25, 0.3) is 0 Å². The fraction of sp³-hybridized carbons (Fsp3) is 0.0952. The predicted molar refractivity (Wildman–Crippen MR) is 99.9 cm³/mol. The van der Waals surface area contributed by atoms with E-state index >= 15 is 0 Å². The van der Waals surface area contributed by atoms with Gasteiger partial charge in [0.1, 0.15) is 11.2 Å². The van der Waals surface area contributed by atoms with Crippen LogP contribution in [0.5, 0.6) is 5.75 Å². The summed E-state index contributed by atoms with van der Waals surface area (Å²) in [4.78, 5) is 0. The van der Waals surface area contributed by atoms with Gasteiger partial charge in [-0.05, 0) is 46.1 Å². The molecule has 0 radical (unpaired) electrons. The number of aromatic hydroxyl groups is 1. The summed E-state index contributed by atoms with van der Waals surface area (Å²) in [6.07, 6.45) is 0. The number of hydrogen-bond donors (Lipinski definition) is 1. The van der Waals surface area contributed by atoms with E-state index in [1.807, 2.05) is 30.3 Å². The molecule has 3 rings (SSSR count). The zero-order valence-corrected chi connectivity index (χ0v) is 13.9. The molecule has 1 unspecified atom stereocenters. The Bertz CT molecular complexity index is 820. The van der Waals surface area contributed by atoms with Gasteiger partial charge in [-0.15, -0.1) is 0 Å². The predicted octanol–water partition coefficient (Wildman–Crippen LogP) is 5.41. The lowest BCUT2D eigenvalue weighted by Crippen LogP contribution is -2.03. The molecular weight excluding hydrogens is 314 g/mol. The van der Waals surface area contributed by atoms with Crippen LogP contribution in [0.2, 0.25) is 0 Å². The van der Waals surface area contributed by atoms with Gasteiger partial charge in [0, 0.05) is 11.7 Å². The van der Waals surface area contributed by atoms with Gasteiger partial charge in [-0.3, -0.25) is 0 Å². The van der Waals surface area contributed by atoms with Crippen LogP contribution in [0.1, 0.15) is 17.0 Å². The van der Waals surface area contributed by atoms with Gasteiger partial charge in [0.15, 0.2) is 0 Å². The van der Waals surface area contributed by atoms with Crippen LogP contribution >= 0.6 is 11.8 Å². The first-order valence-electron chi connectivity index (χ1n) is 7.73. The molecule has 0 fully saturated rings. The lowest BCUT2D eigenvalue weighted by atomic mass is 9.91. The number of nitriles is 1. The second kappa shape index (κ2) is 7.72. The van der Waals surface area contributed by atoms with Crippen LogP contribution in [-0.4, -0.2) is 10.9 Å². The van der Waals surface area contributed by atoms with E-state index < -0.39 is 0 Å². The van der Waals surface area contributed by atoms with Gasteiger partial charge in [-0.2, -0.15) is 5.26 Å². The Labute approximate surface area is 146 Å². The molecule has 0 amide bonds. The van der Waals surface area contributed by atoms with E-state index in [0.29, 0.717) is 5.75 Å². The average Bonchev–Trinajstić information content (AvgIpc) is 2.65. The minimum Gasteiger partial charge on any atom is -0.508 e. The molecule has 0 heterocycles. The maximum atomic E-state index is 9.49. The van der Waals surface area contributed by atoms with E-state index in [1.54, 1.807) is 12.1 Å². The van der Waals surface area contributed by atoms with Gasteiger partial charge in [-0.25, -0.2) is 0 Å². The number of thioether (sulfide) groups is 1. The van der Waals surface area contributed by atoms with E-state index in [-0.39, 0.29) is 11.7 Å². The molecule has 0 spiro atoms. The molecule has 1 atom stereocenters. The van der Waals surface area contributed by atoms with Crippen molar-refractivity contribution in [3.05, 3.63) is 90.0 Å². The molecule has 0 aliphatic heterocycles. The van der Waals surface area contributed by atoms with Crippen molar-refractivity contribution < 1.29 is 5.11 Å². The van der Waals surface area contributed by atoms with Crippen LogP contribution in [0.15, 0.2) is 78.9 Å². The third-order valence-electron chi connectivity index (χ3n) is 4.03. The number of benzene rings is 3. The van der Waals surface area contributed by atoms with Crippen molar-refractivity contribution in [1.82, 2.24) is 0 Å². The molecule has 3 aromatic rings. The molecule has 3 heteroatoms. The fourth-order valence-corrected chi connectivity index (χ4v) is 3.38. The Hall–Kier alpha value is -2.70. The van der Waals surface area contributed by atoms with Gasteiger partial charge in [0.2, 0.25) is 0 Å². The normalized spacial score (nSPS) is 11.6. The fourth-order valence-electron chi connectivity index (χ4n) is 2.75. The number of phenols is 1. The van der Waals surface area contributed by atoms with E-state index in [1.165, 1.54) is 28.5 Å². The highest BCUT2D eigenvalue weighted by Crippen LogP contribution is 2.31. The van der Waals surface area contributed by atoms with Crippen LogP contribution in [0.3, 0.4) is 0 Å². The molecule has 0 aliphatic carbocycles. The highest BCUT2D eigenvalue weighted by atomic mass is 32.2. The number of nitrogens with zero attached hydrogens (tertiary/aromatic N) is 1. The van der Waals surface area contributed by atoms with Crippen LogP contribution in [-0.2, 0) is 0 Å². The SMILES string of the molecule is N#CSCC(c1ccc(O)cc1)c1ccc(-c2ccccc2)cc1. The standard InChI is InChI=1S/C21H17NOS/c22-15-24-14-21(19-10-12-20(23)13-11-19)18-8-6-17(7-9-18)16-4-2-1-3-5-16/h1-13,21,23H,14H2. The minimum absolute atomic E-state index is 0.125. The third-order valence-corrected chi connectivity index (χ3v) is 4.66. The van der Waals surface area contributed by atoms with Crippen molar-refractivity contribution >= 4 is 11.8 Å². The first-order valence-corrected chi connectivity index (χ1v) is 8.71. The van der Waals surface area contributed by atoms with Crippen molar-refractivity contribution in [3.63, 3.8) is 0 Å². The molecule has 3 aromatic carbocycles. The second-order valence-electron chi connectivity index (χ2n) is 5.53. The summed E-state index contributed by atoms with van der Waals surface area (Å²) in [5.41, 5.74) is 4.64. The van der Waals surface area contributed by atoms with Gasteiger partial charge in [-0.1, -0.05) is 66.7 Å². The molecule has 0 bridgehead atoms. The summed E-state index contributed by atoms with van der Waals surface area (Å²) in [6.45, 7) is 0. The molecule has 1 N–H and O–H groups in total. The molecule has 2 nitrogen and oxygen atoms in total. The molecular formula is C21H17NOS. The Morgan fingerprint density at radius 1 is 0.792 bits per heavy atom. The van der Waals surface area contributed by atoms with E-state index in [2.05, 4.69) is 41.8 Å². The largest absolute Gasteiger partial charge is 0.508 e. The lowest BCUT2D eigenvalue weighted by molar-refractivity contribution is 0.475. The molecule has 24 heavy (non-hydrogen) atoms. The number of rotatable bonds is 5. The maximum absolute atomic E-state index is 9.49. The second-order valence-corrected chi connectivity index (χ2v) is 6.34. The Morgan fingerprint density at radius 2 is 1.33 bits per heavy atom. The zero-order chi connectivity index (χ0) is 16.8. The van der Waals surface area contributed by atoms with Crippen molar-refractivity contribution in [3.8, 4) is 22.3 Å². The van der Waals surface area contributed by atoms with Crippen molar-refractivity contribution in [2.75, 3.05) is 5.75 Å². The van der Waals surface area contributed by atoms with E-state index in [0.717, 1.165) is 5.56 Å².